The topological polar surface area (TPSA) is 234 Å². The summed E-state index contributed by atoms with van der Waals surface area (Å²) in [5.41, 5.74) is 6.62. The molecule has 4 aliphatic rings. The van der Waals surface area contributed by atoms with E-state index in [0.717, 1.165) is 33.4 Å². The van der Waals surface area contributed by atoms with Gasteiger partial charge in [0.1, 0.15) is 24.2 Å². The third-order valence-electron chi connectivity index (χ3n) is 17.3. The number of anilines is 2. The molecule has 0 aromatic heterocycles. The number of rotatable bonds is 17. The number of amides is 10. The van der Waals surface area contributed by atoms with Gasteiger partial charge in [-0.25, -0.2) is 9.59 Å². The van der Waals surface area contributed by atoms with Crippen LogP contribution in [0.1, 0.15) is 104 Å². The van der Waals surface area contributed by atoms with Crippen molar-refractivity contribution in [1.82, 2.24) is 46.2 Å². The molecular weight excluding hydrogens is 1100 g/mol. The monoisotopic (exact) mass is 1180 g/mol. The highest BCUT2D eigenvalue weighted by Gasteiger charge is 2.48. The second-order valence-electron chi connectivity index (χ2n) is 23.0. The lowest BCUT2D eigenvalue weighted by Crippen LogP contribution is -2.62. The van der Waals surface area contributed by atoms with Crippen molar-refractivity contribution >= 4 is 58.9 Å². The molecule has 0 aliphatic carbocycles. The van der Waals surface area contributed by atoms with Gasteiger partial charge in [-0.15, -0.1) is 0 Å². The third kappa shape index (κ3) is 14.7. The zero-order valence-corrected chi connectivity index (χ0v) is 49.4. The van der Waals surface area contributed by atoms with Crippen LogP contribution in [0.2, 0.25) is 0 Å². The van der Waals surface area contributed by atoms with Crippen LogP contribution in [0.4, 0.5) is 21.0 Å². The fraction of sp³-hybridized carbons (Fsp3) is 0.353. The van der Waals surface area contributed by atoms with Gasteiger partial charge in [-0.05, 0) is 117 Å². The average molecular weight is 1180 g/mol. The summed E-state index contributed by atoms with van der Waals surface area (Å²) in [6.07, 6.45) is 3.54. The summed E-state index contributed by atoms with van der Waals surface area (Å²) in [4.78, 5) is 119. The van der Waals surface area contributed by atoms with Crippen LogP contribution in [0.15, 0.2) is 170 Å². The Labute approximate surface area is 508 Å². The SMILES string of the molecule is CCC(=O)NC1CN(C(=O)Nc2ccc(Cc3ccc(NC(=O)N4CCC5CCC(C(=O)NC(c6ccccc6)c6ccccc6)N5C(=O)C(NC(=O)C(C)NC)C4)cc3)cc2)CCC2CCC(C(=O)NC(c3ccccc3)c3ccccc3)N2C1=O. The molecule has 6 aromatic carbocycles. The largest absolute Gasteiger partial charge is 0.343 e. The van der Waals surface area contributed by atoms with Crippen LogP contribution >= 0.6 is 0 Å². The van der Waals surface area contributed by atoms with Gasteiger partial charge in [-0.2, -0.15) is 0 Å². The molecule has 10 amide bonds. The van der Waals surface area contributed by atoms with Gasteiger partial charge in [0.25, 0.3) is 0 Å². The Morgan fingerprint density at radius 1 is 0.483 bits per heavy atom. The fourth-order valence-corrected chi connectivity index (χ4v) is 12.4. The molecule has 7 N–H and O–H groups in total. The number of carbonyl (C=O) groups excluding carboxylic acids is 8. The zero-order valence-electron chi connectivity index (χ0n) is 49.4. The van der Waals surface area contributed by atoms with Crippen LogP contribution in [-0.4, -0.2) is 143 Å². The Morgan fingerprint density at radius 3 is 1.21 bits per heavy atom. The molecule has 19 nitrogen and oxygen atoms in total. The minimum absolute atomic E-state index is 0.0839. The number of urea groups is 2. The van der Waals surface area contributed by atoms with Gasteiger partial charge < -0.3 is 56.8 Å². The van der Waals surface area contributed by atoms with E-state index in [0.29, 0.717) is 62.9 Å². The molecule has 0 spiro atoms. The van der Waals surface area contributed by atoms with Crippen molar-refractivity contribution in [2.75, 3.05) is 43.9 Å². The van der Waals surface area contributed by atoms with E-state index in [9.17, 15) is 38.4 Å². The number of hydrogen-bond acceptors (Lipinski definition) is 9. The first-order valence-corrected chi connectivity index (χ1v) is 30.3. The standard InChI is InChI=1S/C68H77N11O8/c1-4-59(80)72-55-42-76(39-37-53-33-35-57(78(53)65(55)84)63(82)74-60(47-17-9-5-10-18-47)48-19-11-6-12-20-48)67(86)70-51-29-25-45(26-30-51)41-46-27-31-52(32-28-46)71-68(87)77-40-38-54-34-36-58(79(54)66(85)56(43-77)73-62(81)44(2)69-3)64(83)75-61(49-21-13-7-14-22-49)50-23-15-8-16-24-50/h5-32,44,53-58,60-61,69H,4,33-43H2,1-3H3,(H,70,86)(H,71,87)(H,72,80)(H,73,81)(H,74,82)(H,75,83). The Balaban J connectivity index is 0.747. The molecule has 4 heterocycles. The smallest absolute Gasteiger partial charge is 0.321 e. The van der Waals surface area contributed by atoms with E-state index in [1.54, 1.807) is 40.5 Å². The second-order valence-corrected chi connectivity index (χ2v) is 23.0. The predicted molar refractivity (Wildman–Crippen MR) is 332 cm³/mol. The van der Waals surface area contributed by atoms with Crippen molar-refractivity contribution in [3.63, 3.8) is 0 Å². The summed E-state index contributed by atoms with van der Waals surface area (Å²) in [6.45, 7) is 3.75. The third-order valence-corrected chi connectivity index (χ3v) is 17.3. The van der Waals surface area contributed by atoms with Crippen LogP contribution in [0.5, 0.6) is 0 Å². The second kappa shape index (κ2) is 28.2. The summed E-state index contributed by atoms with van der Waals surface area (Å²) in [5.74, 6) is -2.14. The van der Waals surface area contributed by atoms with E-state index in [4.69, 9.17) is 0 Å². The summed E-state index contributed by atoms with van der Waals surface area (Å²) < 4.78 is 0. The van der Waals surface area contributed by atoms with Gasteiger partial charge in [0.15, 0.2) is 0 Å². The molecule has 4 saturated heterocycles. The van der Waals surface area contributed by atoms with Crippen LogP contribution in [0.3, 0.4) is 0 Å². The molecule has 19 heteroatoms. The molecule has 87 heavy (non-hydrogen) atoms. The number of nitrogens with one attached hydrogen (secondary N) is 7. The van der Waals surface area contributed by atoms with Crippen molar-refractivity contribution in [1.29, 1.82) is 0 Å². The van der Waals surface area contributed by atoms with Crippen molar-refractivity contribution in [2.24, 2.45) is 0 Å². The first kappa shape index (κ1) is 60.8. The van der Waals surface area contributed by atoms with Gasteiger partial charge >= 0.3 is 12.1 Å². The number of benzene rings is 6. The molecule has 0 bridgehead atoms. The number of carbonyl (C=O) groups is 8. The van der Waals surface area contributed by atoms with Gasteiger partial charge in [0.2, 0.25) is 35.4 Å². The number of fused-ring (bicyclic) bond motifs is 2. The number of likely N-dealkylation sites (N-methyl/N-ethyl adjacent to an activating group) is 1. The Bertz CT molecular complexity index is 3300. The van der Waals surface area contributed by atoms with Crippen molar-refractivity contribution in [2.45, 2.75) is 120 Å². The van der Waals surface area contributed by atoms with Crippen molar-refractivity contribution < 1.29 is 38.4 Å². The lowest BCUT2D eigenvalue weighted by Gasteiger charge is -2.39. The van der Waals surface area contributed by atoms with Crippen molar-refractivity contribution in [3.05, 3.63) is 203 Å². The molecule has 7 unspecified atom stereocenters. The van der Waals surface area contributed by atoms with Crippen molar-refractivity contribution in [3.8, 4) is 0 Å². The van der Waals surface area contributed by atoms with E-state index < -0.39 is 72.1 Å². The van der Waals surface area contributed by atoms with Crippen LogP contribution in [0.25, 0.3) is 0 Å². The maximum absolute atomic E-state index is 14.7. The normalized spacial score (nSPS) is 20.7. The highest BCUT2D eigenvalue weighted by Crippen LogP contribution is 2.34. The highest BCUT2D eigenvalue weighted by molar-refractivity contribution is 5.97. The molecule has 0 radical (unpaired) electrons. The summed E-state index contributed by atoms with van der Waals surface area (Å²) in [5, 5.41) is 21.1. The lowest BCUT2D eigenvalue weighted by atomic mass is 9.98. The lowest BCUT2D eigenvalue weighted by molar-refractivity contribution is -0.144. The number of hydrogen-bond donors (Lipinski definition) is 7. The van der Waals surface area contributed by atoms with Crippen LogP contribution in [-0.2, 0) is 35.2 Å². The van der Waals surface area contributed by atoms with Gasteiger partial charge in [-0.3, -0.25) is 28.8 Å². The number of nitrogens with zero attached hydrogens (tertiary/aromatic N) is 4. The van der Waals surface area contributed by atoms with Gasteiger partial charge in [0.05, 0.1) is 31.2 Å². The molecule has 4 fully saturated rings. The molecule has 4 aliphatic heterocycles. The van der Waals surface area contributed by atoms with Gasteiger partial charge in [-0.1, -0.05) is 153 Å². The summed E-state index contributed by atoms with van der Waals surface area (Å²) >= 11 is 0. The van der Waals surface area contributed by atoms with E-state index in [-0.39, 0.29) is 55.9 Å². The molecule has 452 valence electrons. The van der Waals surface area contributed by atoms with Crippen LogP contribution in [0, 0.1) is 0 Å². The summed E-state index contributed by atoms with van der Waals surface area (Å²) in [6, 6.07) is 46.9. The minimum Gasteiger partial charge on any atom is -0.343 e. The highest BCUT2D eigenvalue weighted by atomic mass is 16.2. The molecule has 6 aromatic rings. The van der Waals surface area contributed by atoms with E-state index >= 15 is 0 Å². The molecule has 0 saturated carbocycles. The molecule has 10 rings (SSSR count). The zero-order chi connectivity index (χ0) is 61.0. The minimum atomic E-state index is -1.12. The summed E-state index contributed by atoms with van der Waals surface area (Å²) in [7, 11) is 1.65. The fourth-order valence-electron chi connectivity index (χ4n) is 12.4. The first-order chi connectivity index (χ1) is 42.2. The van der Waals surface area contributed by atoms with Crippen LogP contribution < -0.4 is 37.2 Å². The van der Waals surface area contributed by atoms with E-state index in [1.807, 2.05) is 170 Å². The Hall–Kier alpha value is -9.36. The Kier molecular flexibility index (Phi) is 19.7. The molecular formula is C68H77N11O8. The maximum atomic E-state index is 14.7. The Morgan fingerprint density at radius 2 is 0.851 bits per heavy atom. The first-order valence-electron chi connectivity index (χ1n) is 30.3. The van der Waals surface area contributed by atoms with Gasteiger partial charge in [0, 0.05) is 43.0 Å². The maximum Gasteiger partial charge on any atom is 0.321 e. The predicted octanol–water partition coefficient (Wildman–Crippen LogP) is 7.27. The molecule has 7 atom stereocenters. The van der Waals surface area contributed by atoms with E-state index in [2.05, 4.69) is 37.2 Å². The van der Waals surface area contributed by atoms with E-state index in [1.165, 1.54) is 0 Å². The quantitative estimate of drug-likeness (QED) is 0.0486. The average Bonchev–Trinajstić information content (AvgIpc) is 2.62.